The quantitative estimate of drug-likeness (QED) is 0.746. The smallest absolute Gasteiger partial charge is 0.0918 e. The minimum absolute atomic E-state index is 0.0868. The largest absolute Gasteiger partial charge is 0.376 e. The van der Waals surface area contributed by atoms with Crippen LogP contribution in [0.2, 0.25) is 5.02 Å². The third-order valence-electron chi connectivity index (χ3n) is 1.65. The number of hydrogen-bond acceptors (Lipinski definition) is 1. The van der Waals surface area contributed by atoms with E-state index in [1.165, 1.54) is 0 Å². The van der Waals surface area contributed by atoms with Crippen LogP contribution >= 0.6 is 27.5 Å². The third kappa shape index (κ3) is 2.47. The van der Waals surface area contributed by atoms with Crippen LogP contribution < -0.4 is 0 Å². The van der Waals surface area contributed by atoms with Crippen molar-refractivity contribution in [2.45, 2.75) is 6.10 Å². The van der Waals surface area contributed by atoms with Gasteiger partial charge in [0.1, 0.15) is 0 Å². The first-order valence-corrected chi connectivity index (χ1v) is 5.12. The molecule has 0 N–H and O–H groups in total. The number of methoxy groups -OCH3 is 1. The van der Waals surface area contributed by atoms with E-state index in [1.54, 1.807) is 7.11 Å². The van der Waals surface area contributed by atoms with E-state index in [-0.39, 0.29) is 6.10 Å². The van der Waals surface area contributed by atoms with E-state index >= 15 is 0 Å². The van der Waals surface area contributed by atoms with E-state index in [1.807, 2.05) is 24.3 Å². The molecule has 0 aromatic heterocycles. The second-order valence-electron chi connectivity index (χ2n) is 2.43. The van der Waals surface area contributed by atoms with Gasteiger partial charge in [-0.3, -0.25) is 0 Å². The van der Waals surface area contributed by atoms with Crippen molar-refractivity contribution in [1.29, 1.82) is 0 Å². The lowest BCUT2D eigenvalue weighted by Gasteiger charge is -2.12. The molecule has 1 aromatic carbocycles. The van der Waals surface area contributed by atoms with Gasteiger partial charge < -0.3 is 4.74 Å². The fourth-order valence-electron chi connectivity index (χ4n) is 0.995. The van der Waals surface area contributed by atoms with E-state index in [2.05, 4.69) is 15.9 Å². The highest BCUT2D eigenvalue weighted by Crippen LogP contribution is 2.21. The first-order valence-electron chi connectivity index (χ1n) is 3.62. The summed E-state index contributed by atoms with van der Waals surface area (Å²) in [6.45, 7) is 0. The molecule has 1 nitrogen and oxygen atoms in total. The molecule has 0 saturated carbocycles. The Morgan fingerprint density at radius 1 is 1.58 bits per heavy atom. The maximum Gasteiger partial charge on any atom is 0.0918 e. The van der Waals surface area contributed by atoms with Crippen LogP contribution in [0.25, 0.3) is 0 Å². The molecule has 1 atom stereocenters. The summed E-state index contributed by atoms with van der Waals surface area (Å²) in [6, 6.07) is 7.69. The predicted molar refractivity (Wildman–Crippen MR) is 55.0 cm³/mol. The lowest BCUT2D eigenvalue weighted by Crippen LogP contribution is -2.01. The monoisotopic (exact) mass is 248 g/mol. The van der Waals surface area contributed by atoms with Crippen LogP contribution in [0.5, 0.6) is 0 Å². The summed E-state index contributed by atoms with van der Waals surface area (Å²) in [7, 11) is 1.69. The van der Waals surface area contributed by atoms with Crippen LogP contribution in [0.3, 0.4) is 0 Å². The molecule has 0 bridgehead atoms. The Morgan fingerprint density at radius 3 is 2.83 bits per heavy atom. The maximum absolute atomic E-state index is 5.83. The Labute approximate surface area is 85.8 Å². The number of rotatable bonds is 3. The van der Waals surface area contributed by atoms with Gasteiger partial charge in [0.15, 0.2) is 0 Å². The van der Waals surface area contributed by atoms with E-state index in [0.29, 0.717) is 0 Å². The topological polar surface area (TPSA) is 9.23 Å². The molecule has 1 aromatic rings. The Hall–Kier alpha value is -0.0500. The van der Waals surface area contributed by atoms with E-state index < -0.39 is 0 Å². The Morgan fingerprint density at radius 2 is 2.33 bits per heavy atom. The molecule has 0 heterocycles. The van der Waals surface area contributed by atoms with Crippen molar-refractivity contribution in [3.63, 3.8) is 0 Å². The number of benzene rings is 1. The molecule has 0 fully saturated rings. The first kappa shape index (κ1) is 10.0. The normalized spacial score (nSPS) is 12.9. The highest BCUT2D eigenvalue weighted by molar-refractivity contribution is 9.09. The summed E-state index contributed by atoms with van der Waals surface area (Å²) in [4.78, 5) is 0. The predicted octanol–water partition coefficient (Wildman–Crippen LogP) is 3.42. The molecule has 1 rings (SSSR count). The second kappa shape index (κ2) is 4.85. The van der Waals surface area contributed by atoms with Crippen LogP contribution in [-0.4, -0.2) is 12.4 Å². The van der Waals surface area contributed by atoms with Gasteiger partial charge in [-0.1, -0.05) is 39.7 Å². The summed E-state index contributed by atoms with van der Waals surface area (Å²) in [5.41, 5.74) is 1.10. The van der Waals surface area contributed by atoms with Gasteiger partial charge in [0.05, 0.1) is 6.10 Å². The Bertz CT molecular complexity index is 248. The van der Waals surface area contributed by atoms with Crippen LogP contribution in [0.15, 0.2) is 24.3 Å². The van der Waals surface area contributed by atoms with E-state index in [4.69, 9.17) is 16.3 Å². The lowest BCUT2D eigenvalue weighted by atomic mass is 10.1. The summed E-state index contributed by atoms with van der Waals surface area (Å²) in [5, 5.41) is 1.53. The molecular weight excluding hydrogens is 239 g/mol. The van der Waals surface area contributed by atoms with Crippen molar-refractivity contribution in [2.75, 3.05) is 12.4 Å². The SMILES string of the molecule is COC(CBr)c1cccc(Cl)c1. The van der Waals surface area contributed by atoms with Gasteiger partial charge in [0.25, 0.3) is 0 Å². The highest BCUT2D eigenvalue weighted by Gasteiger charge is 2.07. The van der Waals surface area contributed by atoms with Crippen molar-refractivity contribution in [3.05, 3.63) is 34.9 Å². The van der Waals surface area contributed by atoms with Gasteiger partial charge in [-0.25, -0.2) is 0 Å². The van der Waals surface area contributed by atoms with Gasteiger partial charge in [0.2, 0.25) is 0 Å². The van der Waals surface area contributed by atoms with Crippen LogP contribution in [0, 0.1) is 0 Å². The molecule has 0 aliphatic carbocycles. The van der Waals surface area contributed by atoms with Gasteiger partial charge in [-0.2, -0.15) is 0 Å². The minimum atomic E-state index is 0.0868. The fraction of sp³-hybridized carbons (Fsp3) is 0.333. The van der Waals surface area contributed by atoms with Crippen molar-refractivity contribution >= 4 is 27.5 Å². The number of hydrogen-bond donors (Lipinski definition) is 0. The molecule has 3 heteroatoms. The molecule has 12 heavy (non-hydrogen) atoms. The molecule has 0 aliphatic heterocycles. The molecule has 0 saturated heterocycles. The Kier molecular flexibility index (Phi) is 4.06. The minimum Gasteiger partial charge on any atom is -0.376 e. The molecular formula is C9H10BrClO. The Balaban J connectivity index is 2.85. The molecule has 0 radical (unpaired) electrons. The van der Waals surface area contributed by atoms with Gasteiger partial charge in [-0.15, -0.1) is 0 Å². The van der Waals surface area contributed by atoms with Crippen LogP contribution in [0.1, 0.15) is 11.7 Å². The first-order chi connectivity index (χ1) is 5.77. The van der Waals surface area contributed by atoms with Crippen LogP contribution in [-0.2, 0) is 4.74 Å². The zero-order valence-corrected chi connectivity index (χ0v) is 9.10. The zero-order chi connectivity index (χ0) is 8.97. The van der Waals surface area contributed by atoms with E-state index in [0.717, 1.165) is 15.9 Å². The van der Waals surface area contributed by atoms with Crippen molar-refractivity contribution in [3.8, 4) is 0 Å². The average Bonchev–Trinajstić information content (AvgIpc) is 2.07. The third-order valence-corrected chi connectivity index (χ3v) is 2.47. The molecule has 0 aliphatic rings. The second-order valence-corrected chi connectivity index (χ2v) is 3.52. The number of ether oxygens (including phenoxy) is 1. The summed E-state index contributed by atoms with van der Waals surface area (Å²) < 4.78 is 5.23. The average molecular weight is 250 g/mol. The fourth-order valence-corrected chi connectivity index (χ4v) is 1.83. The summed E-state index contributed by atoms with van der Waals surface area (Å²) >= 11 is 9.20. The van der Waals surface area contributed by atoms with Crippen LogP contribution in [0.4, 0.5) is 0 Å². The van der Waals surface area contributed by atoms with Gasteiger partial charge in [-0.05, 0) is 17.7 Å². The molecule has 1 unspecified atom stereocenters. The number of alkyl halides is 1. The van der Waals surface area contributed by atoms with Gasteiger partial charge in [0, 0.05) is 17.5 Å². The van der Waals surface area contributed by atoms with Crippen molar-refractivity contribution in [2.24, 2.45) is 0 Å². The number of halogens is 2. The highest BCUT2D eigenvalue weighted by atomic mass is 79.9. The van der Waals surface area contributed by atoms with E-state index in [9.17, 15) is 0 Å². The van der Waals surface area contributed by atoms with Crippen molar-refractivity contribution < 1.29 is 4.74 Å². The lowest BCUT2D eigenvalue weighted by molar-refractivity contribution is 0.124. The molecule has 0 amide bonds. The van der Waals surface area contributed by atoms with Crippen molar-refractivity contribution in [1.82, 2.24) is 0 Å². The van der Waals surface area contributed by atoms with Gasteiger partial charge >= 0.3 is 0 Å². The summed E-state index contributed by atoms with van der Waals surface area (Å²) in [6.07, 6.45) is 0.0868. The standard InChI is InChI=1S/C9H10BrClO/c1-12-9(6-10)7-3-2-4-8(11)5-7/h2-5,9H,6H2,1H3. The summed E-state index contributed by atoms with van der Waals surface area (Å²) in [5.74, 6) is 0. The zero-order valence-electron chi connectivity index (χ0n) is 6.76. The molecule has 66 valence electrons. The maximum atomic E-state index is 5.83. The molecule has 0 spiro atoms.